The Kier molecular flexibility index (Phi) is 9.43. The molecule has 36 heavy (non-hydrogen) atoms. The maximum atomic E-state index is 13.8. The molecule has 10 heteroatoms. The van der Waals surface area contributed by atoms with Gasteiger partial charge in [-0.15, -0.1) is 0 Å². The number of aryl methyl sites for hydroxylation is 1. The van der Waals surface area contributed by atoms with Gasteiger partial charge in [-0.2, -0.15) is 0 Å². The van der Waals surface area contributed by atoms with E-state index in [0.29, 0.717) is 6.42 Å². The molecular weight excluding hydrogens is 488 g/mol. The first kappa shape index (κ1) is 28.0. The molecule has 0 saturated heterocycles. The molecule has 0 fully saturated rings. The number of halogens is 2. The lowest BCUT2D eigenvalue weighted by Gasteiger charge is -2.30. The molecule has 2 aromatic carbocycles. The Balaban J connectivity index is 1.78. The SMILES string of the molecule is CCc1ccc2c(c1)C(NCC(O)C(Cc1cc(F)cc(F)c1)NC(=O)NC(C)CC)CS(=O)(=O)C2. The van der Waals surface area contributed by atoms with Gasteiger partial charge >= 0.3 is 6.03 Å². The Labute approximate surface area is 211 Å². The molecular formula is C26H35F2N3O4S. The lowest BCUT2D eigenvalue weighted by molar-refractivity contribution is 0.123. The summed E-state index contributed by atoms with van der Waals surface area (Å²) in [7, 11) is -3.33. The third kappa shape index (κ3) is 7.72. The van der Waals surface area contributed by atoms with E-state index in [-0.39, 0.29) is 36.1 Å². The van der Waals surface area contributed by atoms with E-state index in [1.165, 1.54) is 0 Å². The van der Waals surface area contributed by atoms with Crippen molar-refractivity contribution in [2.24, 2.45) is 0 Å². The molecule has 3 rings (SSSR count). The molecule has 0 aliphatic carbocycles. The van der Waals surface area contributed by atoms with E-state index in [0.717, 1.165) is 41.3 Å². The number of rotatable bonds is 10. The van der Waals surface area contributed by atoms with Crippen LogP contribution in [0.1, 0.15) is 55.5 Å². The van der Waals surface area contributed by atoms with Crippen LogP contribution in [0.25, 0.3) is 0 Å². The summed E-state index contributed by atoms with van der Waals surface area (Å²) in [5.41, 5.74) is 2.96. The zero-order valence-corrected chi connectivity index (χ0v) is 21.7. The summed E-state index contributed by atoms with van der Waals surface area (Å²) in [6.07, 6.45) is 0.315. The van der Waals surface area contributed by atoms with Gasteiger partial charge in [0, 0.05) is 24.7 Å². The van der Waals surface area contributed by atoms with Crippen LogP contribution in [0, 0.1) is 11.6 Å². The molecule has 0 spiro atoms. The number of hydrogen-bond acceptors (Lipinski definition) is 5. The Hall–Kier alpha value is -2.56. The van der Waals surface area contributed by atoms with E-state index >= 15 is 0 Å². The molecule has 0 radical (unpaired) electrons. The number of benzene rings is 2. The lowest BCUT2D eigenvalue weighted by Crippen LogP contribution is -2.53. The summed E-state index contributed by atoms with van der Waals surface area (Å²) < 4.78 is 52.5. The predicted octanol–water partition coefficient (Wildman–Crippen LogP) is 3.16. The molecule has 1 heterocycles. The molecule has 2 amide bonds. The van der Waals surface area contributed by atoms with Gasteiger partial charge in [-0.25, -0.2) is 22.0 Å². The number of sulfone groups is 1. The monoisotopic (exact) mass is 523 g/mol. The van der Waals surface area contributed by atoms with Gasteiger partial charge in [0.05, 0.1) is 23.7 Å². The highest BCUT2D eigenvalue weighted by atomic mass is 32.2. The summed E-state index contributed by atoms with van der Waals surface area (Å²) in [6.45, 7) is 5.72. The van der Waals surface area contributed by atoms with E-state index in [9.17, 15) is 27.1 Å². The fraction of sp³-hybridized carbons (Fsp3) is 0.500. The quantitative estimate of drug-likeness (QED) is 0.383. The molecule has 0 saturated carbocycles. The minimum atomic E-state index is -3.33. The predicted molar refractivity (Wildman–Crippen MR) is 135 cm³/mol. The maximum absolute atomic E-state index is 13.8. The van der Waals surface area contributed by atoms with Crippen molar-refractivity contribution in [3.63, 3.8) is 0 Å². The third-order valence-electron chi connectivity index (χ3n) is 6.51. The molecule has 1 aliphatic rings. The number of amides is 2. The normalized spacial score (nSPS) is 19.1. The Morgan fingerprint density at radius 2 is 1.78 bits per heavy atom. The number of urea groups is 1. The van der Waals surface area contributed by atoms with Gasteiger partial charge in [0.15, 0.2) is 9.84 Å². The number of nitrogens with one attached hydrogen (secondary N) is 3. The van der Waals surface area contributed by atoms with Gasteiger partial charge in [-0.05, 0) is 60.6 Å². The van der Waals surface area contributed by atoms with Crippen LogP contribution >= 0.6 is 0 Å². The van der Waals surface area contributed by atoms with Crippen LogP contribution in [0.5, 0.6) is 0 Å². The van der Waals surface area contributed by atoms with Crippen molar-refractivity contribution in [2.75, 3.05) is 12.3 Å². The molecule has 4 N–H and O–H groups in total. The number of aliphatic hydroxyl groups excluding tert-OH is 1. The standard InChI is InChI=1S/C26H35F2N3O4S/c1-4-16(3)30-26(33)31-23(11-18-8-20(27)12-21(28)9-18)25(32)13-29-24-15-36(34,35)14-19-7-6-17(5-2)10-22(19)24/h6-10,12,16,23-25,29,32H,4-5,11,13-15H2,1-3H3,(H2,30,31,33). The third-order valence-corrected chi connectivity index (χ3v) is 8.10. The summed E-state index contributed by atoms with van der Waals surface area (Å²) in [6, 6.07) is 6.77. The summed E-state index contributed by atoms with van der Waals surface area (Å²) >= 11 is 0. The van der Waals surface area contributed by atoms with E-state index < -0.39 is 45.7 Å². The average Bonchev–Trinajstić information content (AvgIpc) is 2.80. The Bertz CT molecular complexity index is 1160. The van der Waals surface area contributed by atoms with E-state index in [4.69, 9.17) is 0 Å². The molecule has 0 aromatic heterocycles. The van der Waals surface area contributed by atoms with Crippen molar-refractivity contribution in [3.8, 4) is 0 Å². The van der Waals surface area contributed by atoms with Gasteiger partial charge in [0.2, 0.25) is 0 Å². The van der Waals surface area contributed by atoms with Gasteiger partial charge in [-0.3, -0.25) is 0 Å². The van der Waals surface area contributed by atoms with E-state index in [1.54, 1.807) is 0 Å². The van der Waals surface area contributed by atoms with Crippen LogP contribution in [0.2, 0.25) is 0 Å². The molecule has 0 bridgehead atoms. The molecule has 1 aliphatic heterocycles. The smallest absolute Gasteiger partial charge is 0.315 e. The molecule has 2 aromatic rings. The highest BCUT2D eigenvalue weighted by molar-refractivity contribution is 7.90. The van der Waals surface area contributed by atoms with Crippen molar-refractivity contribution >= 4 is 15.9 Å². The molecule has 4 unspecified atom stereocenters. The van der Waals surface area contributed by atoms with Crippen molar-refractivity contribution in [2.45, 2.75) is 70.0 Å². The largest absolute Gasteiger partial charge is 0.390 e. The molecule has 198 valence electrons. The number of aliphatic hydroxyl groups is 1. The zero-order chi connectivity index (χ0) is 26.5. The van der Waals surface area contributed by atoms with Crippen LogP contribution < -0.4 is 16.0 Å². The van der Waals surface area contributed by atoms with Gasteiger partial charge in [0.25, 0.3) is 0 Å². The summed E-state index contributed by atoms with van der Waals surface area (Å²) in [5.74, 6) is -1.65. The summed E-state index contributed by atoms with van der Waals surface area (Å²) in [5, 5.41) is 19.6. The molecule has 7 nitrogen and oxygen atoms in total. The number of fused-ring (bicyclic) bond motifs is 1. The van der Waals surface area contributed by atoms with Gasteiger partial charge in [-0.1, -0.05) is 32.0 Å². The Morgan fingerprint density at radius 3 is 2.42 bits per heavy atom. The fourth-order valence-corrected chi connectivity index (χ4v) is 6.00. The average molecular weight is 524 g/mol. The minimum Gasteiger partial charge on any atom is -0.390 e. The fourth-order valence-electron chi connectivity index (χ4n) is 4.34. The van der Waals surface area contributed by atoms with Gasteiger partial charge < -0.3 is 21.1 Å². The zero-order valence-electron chi connectivity index (χ0n) is 20.9. The lowest BCUT2D eigenvalue weighted by atomic mass is 9.97. The van der Waals surface area contributed by atoms with Crippen molar-refractivity contribution in [1.29, 1.82) is 0 Å². The Morgan fingerprint density at radius 1 is 1.08 bits per heavy atom. The first-order valence-electron chi connectivity index (χ1n) is 12.2. The van der Waals surface area contributed by atoms with E-state index in [1.807, 2.05) is 39.0 Å². The first-order valence-corrected chi connectivity index (χ1v) is 14.1. The number of hydrogen-bond donors (Lipinski definition) is 4. The van der Waals surface area contributed by atoms with Crippen molar-refractivity contribution < 1.29 is 27.1 Å². The topological polar surface area (TPSA) is 108 Å². The van der Waals surface area contributed by atoms with Crippen LogP contribution in [0.15, 0.2) is 36.4 Å². The molecule has 4 atom stereocenters. The van der Waals surface area contributed by atoms with Gasteiger partial charge in [0.1, 0.15) is 11.6 Å². The maximum Gasteiger partial charge on any atom is 0.315 e. The van der Waals surface area contributed by atoms with Crippen molar-refractivity contribution in [3.05, 3.63) is 70.3 Å². The number of carbonyl (C=O) groups is 1. The van der Waals surface area contributed by atoms with Crippen LogP contribution in [-0.2, 0) is 28.4 Å². The second-order valence-corrected chi connectivity index (χ2v) is 11.6. The summed E-state index contributed by atoms with van der Waals surface area (Å²) in [4.78, 5) is 12.5. The first-order chi connectivity index (χ1) is 17.0. The highest BCUT2D eigenvalue weighted by Gasteiger charge is 2.31. The number of carbonyl (C=O) groups excluding carboxylic acids is 1. The second kappa shape index (κ2) is 12.1. The van der Waals surface area contributed by atoms with E-state index in [2.05, 4.69) is 16.0 Å². The second-order valence-electron chi connectivity index (χ2n) is 9.48. The van der Waals surface area contributed by atoms with Crippen molar-refractivity contribution in [1.82, 2.24) is 16.0 Å². The minimum absolute atomic E-state index is 0.0228. The van der Waals surface area contributed by atoms with Crippen LogP contribution in [0.3, 0.4) is 0 Å². The highest BCUT2D eigenvalue weighted by Crippen LogP contribution is 2.29. The van der Waals surface area contributed by atoms with Crippen LogP contribution in [-0.4, -0.2) is 50.0 Å². The van der Waals surface area contributed by atoms with Crippen LogP contribution in [0.4, 0.5) is 13.6 Å².